The van der Waals surface area contributed by atoms with Gasteiger partial charge in [-0.15, -0.1) is 0 Å². The number of halogens is 1. The molecule has 1 heterocycles. The number of nitro groups is 1. The van der Waals surface area contributed by atoms with Crippen molar-refractivity contribution in [3.05, 3.63) is 32.8 Å². The third-order valence-corrected chi connectivity index (χ3v) is 4.69. The Bertz CT molecular complexity index is 481. The van der Waals surface area contributed by atoms with Gasteiger partial charge in [0, 0.05) is 24.4 Å². The van der Waals surface area contributed by atoms with Gasteiger partial charge >= 0.3 is 0 Å². The highest BCUT2D eigenvalue weighted by Gasteiger charge is 2.31. The molecule has 1 atom stereocenters. The Labute approximate surface area is 120 Å². The molecular formula is C12H15ClN2O3S. The summed E-state index contributed by atoms with van der Waals surface area (Å²) in [5, 5.41) is 24.4. The molecule has 7 heteroatoms. The maximum atomic E-state index is 10.7. The van der Waals surface area contributed by atoms with E-state index in [1.54, 1.807) is 18.7 Å². The van der Waals surface area contributed by atoms with E-state index >= 15 is 0 Å². The number of thioether (sulfide) groups is 1. The lowest BCUT2D eigenvalue weighted by Crippen LogP contribution is -2.36. The van der Waals surface area contributed by atoms with Gasteiger partial charge in [0.05, 0.1) is 21.2 Å². The fraction of sp³-hybridized carbons (Fsp3) is 0.500. The molecule has 1 aliphatic heterocycles. The Hall–Kier alpha value is -0.980. The number of hydrogen-bond donors (Lipinski definition) is 2. The summed E-state index contributed by atoms with van der Waals surface area (Å²) < 4.78 is 0. The Kier molecular flexibility index (Phi) is 4.23. The number of nitro benzene ring substituents is 1. The summed E-state index contributed by atoms with van der Waals surface area (Å²) in [6.45, 7) is 2.16. The smallest absolute Gasteiger partial charge is 0.271 e. The molecule has 2 rings (SSSR count). The van der Waals surface area contributed by atoms with Crippen LogP contribution in [0.1, 0.15) is 12.0 Å². The highest BCUT2D eigenvalue weighted by molar-refractivity contribution is 7.99. The molecule has 0 amide bonds. The molecule has 1 aromatic rings. The second-order valence-electron chi connectivity index (χ2n) is 4.76. The summed E-state index contributed by atoms with van der Waals surface area (Å²) >= 11 is 7.77. The van der Waals surface area contributed by atoms with E-state index in [0.29, 0.717) is 28.6 Å². The van der Waals surface area contributed by atoms with Crippen LogP contribution in [-0.2, 0) is 0 Å². The second kappa shape index (κ2) is 5.56. The van der Waals surface area contributed by atoms with Crippen molar-refractivity contribution < 1.29 is 10.0 Å². The normalized spacial score (nSPS) is 22.5. The quantitative estimate of drug-likeness (QED) is 0.661. The van der Waals surface area contributed by atoms with Crippen molar-refractivity contribution in [1.82, 2.24) is 0 Å². The third-order valence-electron chi connectivity index (χ3n) is 3.16. The Morgan fingerprint density at radius 3 is 2.89 bits per heavy atom. The van der Waals surface area contributed by atoms with Crippen molar-refractivity contribution in [2.24, 2.45) is 0 Å². The van der Waals surface area contributed by atoms with Crippen LogP contribution in [-0.4, -0.2) is 33.7 Å². The molecule has 5 nitrogen and oxygen atoms in total. The number of nitrogens with one attached hydrogen (secondary N) is 1. The maximum absolute atomic E-state index is 10.7. The fourth-order valence-corrected chi connectivity index (χ4v) is 3.67. The lowest BCUT2D eigenvalue weighted by Gasteiger charge is -2.23. The van der Waals surface area contributed by atoms with Crippen LogP contribution in [0.25, 0.3) is 0 Å². The predicted octanol–water partition coefficient (Wildman–Crippen LogP) is 2.84. The first-order valence-electron chi connectivity index (χ1n) is 5.90. The van der Waals surface area contributed by atoms with Crippen molar-refractivity contribution in [1.29, 1.82) is 0 Å². The minimum absolute atomic E-state index is 0.0248. The van der Waals surface area contributed by atoms with Gasteiger partial charge in [0.2, 0.25) is 0 Å². The minimum Gasteiger partial charge on any atom is -0.387 e. The summed E-state index contributed by atoms with van der Waals surface area (Å²) in [6.07, 6.45) is 0.744. The summed E-state index contributed by atoms with van der Waals surface area (Å²) in [4.78, 5) is 10.3. The van der Waals surface area contributed by atoms with Gasteiger partial charge in [-0.05, 0) is 24.7 Å². The van der Waals surface area contributed by atoms with Crippen molar-refractivity contribution in [2.45, 2.75) is 18.9 Å². The Morgan fingerprint density at radius 1 is 1.63 bits per heavy atom. The molecule has 0 saturated carbocycles. The number of non-ortho nitro benzene ring substituents is 1. The molecule has 0 aliphatic carbocycles. The molecule has 0 spiro atoms. The molecule has 0 radical (unpaired) electrons. The summed E-state index contributed by atoms with van der Waals surface area (Å²) in [5.74, 6) is 1.65. The Balaban J connectivity index is 2.14. The first-order valence-corrected chi connectivity index (χ1v) is 7.43. The predicted molar refractivity (Wildman–Crippen MR) is 78.2 cm³/mol. The van der Waals surface area contributed by atoms with E-state index in [1.165, 1.54) is 12.1 Å². The van der Waals surface area contributed by atoms with Gasteiger partial charge in [-0.1, -0.05) is 11.6 Å². The third kappa shape index (κ3) is 3.32. The van der Waals surface area contributed by atoms with Gasteiger partial charge in [0.1, 0.15) is 0 Å². The molecule has 1 aliphatic rings. The van der Waals surface area contributed by atoms with E-state index in [9.17, 15) is 15.2 Å². The first kappa shape index (κ1) is 14.4. The van der Waals surface area contributed by atoms with E-state index in [1.807, 2.05) is 0 Å². The Morgan fingerprint density at radius 2 is 2.37 bits per heavy atom. The number of rotatable bonds is 4. The van der Waals surface area contributed by atoms with Gasteiger partial charge in [-0.3, -0.25) is 10.1 Å². The summed E-state index contributed by atoms with van der Waals surface area (Å²) in [6, 6.07) is 2.80. The number of aliphatic hydroxyl groups is 1. The average molecular weight is 303 g/mol. The topological polar surface area (TPSA) is 75.4 Å². The van der Waals surface area contributed by atoms with Crippen molar-refractivity contribution in [3.63, 3.8) is 0 Å². The summed E-state index contributed by atoms with van der Waals surface area (Å²) in [5.41, 5.74) is 0.608. The fourth-order valence-electron chi connectivity index (χ4n) is 2.04. The van der Waals surface area contributed by atoms with Crippen LogP contribution in [0.4, 0.5) is 11.4 Å². The molecule has 2 N–H and O–H groups in total. The molecule has 104 valence electrons. The molecule has 1 aromatic carbocycles. The molecule has 19 heavy (non-hydrogen) atoms. The van der Waals surface area contributed by atoms with Crippen molar-refractivity contribution in [2.75, 3.05) is 23.4 Å². The zero-order chi connectivity index (χ0) is 14.0. The van der Waals surface area contributed by atoms with E-state index < -0.39 is 10.5 Å². The highest BCUT2D eigenvalue weighted by Crippen LogP contribution is 2.33. The molecule has 0 bridgehead atoms. The largest absolute Gasteiger partial charge is 0.387 e. The van der Waals surface area contributed by atoms with E-state index in [0.717, 1.165) is 12.2 Å². The number of nitrogens with zero attached hydrogens (tertiary/aromatic N) is 1. The van der Waals surface area contributed by atoms with Crippen molar-refractivity contribution >= 4 is 34.7 Å². The van der Waals surface area contributed by atoms with Gasteiger partial charge in [-0.2, -0.15) is 11.8 Å². The monoisotopic (exact) mass is 302 g/mol. The molecular weight excluding hydrogens is 288 g/mol. The van der Waals surface area contributed by atoms with Crippen molar-refractivity contribution in [3.8, 4) is 0 Å². The van der Waals surface area contributed by atoms with E-state index in [-0.39, 0.29) is 5.69 Å². The van der Waals surface area contributed by atoms with E-state index in [4.69, 9.17) is 11.6 Å². The summed E-state index contributed by atoms with van der Waals surface area (Å²) in [7, 11) is 0. The average Bonchev–Trinajstić information content (AvgIpc) is 2.75. The highest BCUT2D eigenvalue weighted by atomic mass is 35.5. The van der Waals surface area contributed by atoms with Crippen LogP contribution in [0.5, 0.6) is 0 Å². The number of hydrogen-bond acceptors (Lipinski definition) is 5. The van der Waals surface area contributed by atoms with Gasteiger partial charge < -0.3 is 10.4 Å². The van der Waals surface area contributed by atoms with Crippen LogP contribution in [0.3, 0.4) is 0 Å². The zero-order valence-electron chi connectivity index (χ0n) is 10.5. The number of aryl methyl sites for hydroxylation is 1. The van der Waals surface area contributed by atoms with Gasteiger partial charge in [0.25, 0.3) is 5.69 Å². The van der Waals surface area contributed by atoms with Crippen LogP contribution in [0, 0.1) is 17.0 Å². The van der Waals surface area contributed by atoms with Crippen LogP contribution >= 0.6 is 23.4 Å². The lowest BCUT2D eigenvalue weighted by atomic mass is 10.0. The molecule has 1 saturated heterocycles. The SMILES string of the molecule is Cc1cc([N+](=O)[O-])cc(Cl)c1NCC1(O)CCSC1. The molecule has 0 aromatic heterocycles. The van der Waals surface area contributed by atoms with Crippen LogP contribution in [0.15, 0.2) is 12.1 Å². The standard InChI is InChI=1S/C12H15ClN2O3S/c1-8-4-9(15(17)18)5-10(13)11(8)14-6-12(16)2-3-19-7-12/h4-5,14,16H,2-3,6-7H2,1H3. The van der Waals surface area contributed by atoms with Crippen LogP contribution < -0.4 is 5.32 Å². The molecule has 1 unspecified atom stereocenters. The minimum atomic E-state index is -0.720. The van der Waals surface area contributed by atoms with E-state index in [2.05, 4.69) is 5.32 Å². The number of anilines is 1. The number of benzene rings is 1. The second-order valence-corrected chi connectivity index (χ2v) is 6.27. The van der Waals surface area contributed by atoms with Gasteiger partial charge in [-0.25, -0.2) is 0 Å². The first-order chi connectivity index (χ1) is 8.91. The van der Waals surface area contributed by atoms with Gasteiger partial charge in [0.15, 0.2) is 0 Å². The van der Waals surface area contributed by atoms with Crippen LogP contribution in [0.2, 0.25) is 5.02 Å². The lowest BCUT2D eigenvalue weighted by molar-refractivity contribution is -0.384. The maximum Gasteiger partial charge on any atom is 0.271 e. The zero-order valence-corrected chi connectivity index (χ0v) is 12.1. The molecule has 1 fully saturated rings.